The first-order valence-corrected chi connectivity index (χ1v) is 5.09. The molecule has 1 N–H and O–H groups in total. The summed E-state index contributed by atoms with van der Waals surface area (Å²) in [6.45, 7) is 2.62. The highest BCUT2D eigenvalue weighted by Crippen LogP contribution is 2.17. The molecule has 0 bridgehead atoms. The first kappa shape index (κ1) is 11.8. The highest BCUT2D eigenvalue weighted by atomic mass is 16.5. The third-order valence-corrected chi connectivity index (χ3v) is 2.37. The molecule has 4 heteroatoms. The van der Waals surface area contributed by atoms with Gasteiger partial charge in [-0.3, -0.25) is 0 Å². The maximum atomic E-state index is 10.9. The van der Waals surface area contributed by atoms with Gasteiger partial charge >= 0.3 is 5.97 Å². The van der Waals surface area contributed by atoms with E-state index in [1.165, 1.54) is 0 Å². The third-order valence-electron chi connectivity index (χ3n) is 2.37. The number of rotatable bonds is 6. The van der Waals surface area contributed by atoms with Crippen molar-refractivity contribution in [1.82, 2.24) is 4.57 Å². The first-order chi connectivity index (χ1) is 7.20. The van der Waals surface area contributed by atoms with Crippen LogP contribution in [0, 0.1) is 0 Å². The molecular formula is C11H17NO3. The van der Waals surface area contributed by atoms with Crippen LogP contribution < -0.4 is 0 Å². The molecule has 1 aromatic heterocycles. The minimum absolute atomic E-state index is 0.112. The molecule has 4 nitrogen and oxygen atoms in total. The number of carbonyl (C=O) groups is 1. The molecule has 1 atom stereocenters. The monoisotopic (exact) mass is 211 g/mol. The fourth-order valence-corrected chi connectivity index (χ4v) is 1.72. The van der Waals surface area contributed by atoms with Crippen molar-refractivity contribution in [3.05, 3.63) is 24.0 Å². The number of nitrogens with zero attached hydrogens (tertiary/aromatic N) is 1. The number of hydrogen-bond acceptors (Lipinski definition) is 2. The van der Waals surface area contributed by atoms with Gasteiger partial charge in [0.1, 0.15) is 5.69 Å². The van der Waals surface area contributed by atoms with Crippen LogP contribution in [0.25, 0.3) is 0 Å². The standard InChI is InChI=1S/C11H17NO3/c1-3-5-9(8-15-2)12-7-4-6-10(12)11(13)14/h4,6-7,9H,3,5,8H2,1-2H3,(H,13,14). The SMILES string of the molecule is CCCC(COC)n1cccc1C(=O)O. The Balaban J connectivity index is 2.89. The maximum absolute atomic E-state index is 10.9. The van der Waals surface area contributed by atoms with Gasteiger partial charge in [-0.1, -0.05) is 13.3 Å². The van der Waals surface area contributed by atoms with E-state index in [-0.39, 0.29) is 6.04 Å². The van der Waals surface area contributed by atoms with Crippen LogP contribution in [0.1, 0.15) is 36.3 Å². The van der Waals surface area contributed by atoms with Crippen molar-refractivity contribution in [3.63, 3.8) is 0 Å². The highest BCUT2D eigenvalue weighted by molar-refractivity contribution is 5.85. The number of methoxy groups -OCH3 is 1. The number of hydrogen-bond donors (Lipinski definition) is 1. The molecule has 0 aliphatic heterocycles. The van der Waals surface area contributed by atoms with Gasteiger partial charge < -0.3 is 14.4 Å². The van der Waals surface area contributed by atoms with Gasteiger partial charge in [-0.2, -0.15) is 0 Å². The van der Waals surface area contributed by atoms with Crippen molar-refractivity contribution in [3.8, 4) is 0 Å². The molecule has 0 saturated carbocycles. The van der Waals surface area contributed by atoms with E-state index < -0.39 is 5.97 Å². The van der Waals surface area contributed by atoms with E-state index in [0.29, 0.717) is 12.3 Å². The lowest BCUT2D eigenvalue weighted by Crippen LogP contribution is -2.18. The smallest absolute Gasteiger partial charge is 0.352 e. The van der Waals surface area contributed by atoms with Crippen LogP contribution in [-0.2, 0) is 4.74 Å². The van der Waals surface area contributed by atoms with Crippen LogP contribution in [0.5, 0.6) is 0 Å². The van der Waals surface area contributed by atoms with E-state index in [1.54, 1.807) is 30.0 Å². The molecule has 0 radical (unpaired) electrons. The van der Waals surface area contributed by atoms with Gasteiger partial charge in [0, 0.05) is 13.3 Å². The van der Waals surface area contributed by atoms with Crippen LogP contribution in [0.15, 0.2) is 18.3 Å². The average molecular weight is 211 g/mol. The van der Waals surface area contributed by atoms with Gasteiger partial charge in [0.25, 0.3) is 0 Å². The Bertz CT molecular complexity index is 313. The Hall–Kier alpha value is -1.29. The zero-order chi connectivity index (χ0) is 11.3. The largest absolute Gasteiger partial charge is 0.477 e. The predicted octanol–water partition coefficient (Wildman–Crippen LogP) is 2.17. The lowest BCUT2D eigenvalue weighted by Gasteiger charge is -2.19. The maximum Gasteiger partial charge on any atom is 0.352 e. The van der Waals surface area contributed by atoms with Crippen molar-refractivity contribution in [2.24, 2.45) is 0 Å². The quantitative estimate of drug-likeness (QED) is 0.784. The number of aromatic nitrogens is 1. The van der Waals surface area contributed by atoms with E-state index in [1.807, 2.05) is 0 Å². The van der Waals surface area contributed by atoms with Gasteiger partial charge in [0.05, 0.1) is 12.6 Å². The summed E-state index contributed by atoms with van der Waals surface area (Å²) in [7, 11) is 1.63. The fraction of sp³-hybridized carbons (Fsp3) is 0.545. The molecule has 1 rings (SSSR count). The molecule has 0 aliphatic carbocycles. The van der Waals surface area contributed by atoms with Crippen molar-refractivity contribution < 1.29 is 14.6 Å². The van der Waals surface area contributed by atoms with Gasteiger partial charge in [-0.05, 0) is 18.6 Å². The van der Waals surface area contributed by atoms with Gasteiger partial charge in [-0.15, -0.1) is 0 Å². The van der Waals surface area contributed by atoms with E-state index in [9.17, 15) is 4.79 Å². The van der Waals surface area contributed by atoms with Crippen molar-refractivity contribution in [2.45, 2.75) is 25.8 Å². The molecule has 0 fully saturated rings. The molecule has 0 amide bonds. The van der Waals surface area contributed by atoms with Crippen LogP contribution in [-0.4, -0.2) is 29.4 Å². The zero-order valence-electron chi connectivity index (χ0n) is 9.14. The van der Waals surface area contributed by atoms with Crippen molar-refractivity contribution >= 4 is 5.97 Å². The summed E-state index contributed by atoms with van der Waals surface area (Å²) >= 11 is 0. The molecule has 1 heterocycles. The summed E-state index contributed by atoms with van der Waals surface area (Å²) in [4.78, 5) is 10.9. The van der Waals surface area contributed by atoms with Crippen LogP contribution >= 0.6 is 0 Å². The van der Waals surface area contributed by atoms with Crippen LogP contribution in [0.4, 0.5) is 0 Å². The summed E-state index contributed by atoms with van der Waals surface area (Å²) < 4.78 is 6.87. The molecule has 1 unspecified atom stereocenters. The summed E-state index contributed by atoms with van der Waals surface area (Å²) in [5, 5.41) is 8.98. The second kappa shape index (κ2) is 5.56. The molecule has 0 aliphatic rings. The molecule has 1 aromatic rings. The summed E-state index contributed by atoms with van der Waals surface area (Å²) in [6, 6.07) is 3.48. The van der Waals surface area contributed by atoms with Gasteiger partial charge in [-0.25, -0.2) is 4.79 Å². The normalized spacial score (nSPS) is 12.7. The first-order valence-electron chi connectivity index (χ1n) is 5.09. The van der Waals surface area contributed by atoms with E-state index in [4.69, 9.17) is 9.84 Å². The predicted molar refractivity (Wildman–Crippen MR) is 57.2 cm³/mol. The topological polar surface area (TPSA) is 51.5 Å². The minimum Gasteiger partial charge on any atom is -0.477 e. The molecule has 15 heavy (non-hydrogen) atoms. The number of aromatic carboxylic acids is 1. The fourth-order valence-electron chi connectivity index (χ4n) is 1.72. The lowest BCUT2D eigenvalue weighted by atomic mass is 10.1. The Morgan fingerprint density at radius 3 is 2.93 bits per heavy atom. The second-order valence-electron chi connectivity index (χ2n) is 3.50. The summed E-state index contributed by atoms with van der Waals surface area (Å²) in [5.74, 6) is -0.891. The number of carboxylic acid groups (broad SMARTS) is 1. The summed E-state index contributed by atoms with van der Waals surface area (Å²) in [5.41, 5.74) is 0.325. The second-order valence-corrected chi connectivity index (χ2v) is 3.50. The molecule has 0 spiro atoms. The Labute approximate surface area is 89.5 Å². The van der Waals surface area contributed by atoms with Crippen molar-refractivity contribution in [1.29, 1.82) is 0 Å². The van der Waals surface area contributed by atoms with Gasteiger partial charge in [0.15, 0.2) is 0 Å². The Kier molecular flexibility index (Phi) is 4.37. The molecule has 0 saturated heterocycles. The number of carboxylic acids is 1. The zero-order valence-corrected chi connectivity index (χ0v) is 9.14. The van der Waals surface area contributed by atoms with E-state index in [0.717, 1.165) is 12.8 Å². The highest BCUT2D eigenvalue weighted by Gasteiger charge is 2.16. The molecule has 84 valence electrons. The summed E-state index contributed by atoms with van der Waals surface area (Å²) in [6.07, 6.45) is 3.72. The lowest BCUT2D eigenvalue weighted by molar-refractivity contribution is 0.0675. The van der Waals surface area contributed by atoms with Crippen molar-refractivity contribution in [2.75, 3.05) is 13.7 Å². The number of ether oxygens (including phenoxy) is 1. The van der Waals surface area contributed by atoms with Gasteiger partial charge in [0.2, 0.25) is 0 Å². The van der Waals surface area contributed by atoms with Crippen LogP contribution in [0.3, 0.4) is 0 Å². The van der Waals surface area contributed by atoms with E-state index in [2.05, 4.69) is 6.92 Å². The van der Waals surface area contributed by atoms with E-state index >= 15 is 0 Å². The molecular weight excluding hydrogens is 194 g/mol. The third kappa shape index (κ3) is 2.83. The minimum atomic E-state index is -0.891. The average Bonchev–Trinajstić information content (AvgIpc) is 2.65. The Morgan fingerprint density at radius 2 is 2.40 bits per heavy atom. The van der Waals surface area contributed by atoms with Crippen LogP contribution in [0.2, 0.25) is 0 Å². The molecule has 0 aromatic carbocycles. The Morgan fingerprint density at radius 1 is 1.67 bits per heavy atom.